The van der Waals surface area contributed by atoms with Crippen LogP contribution in [0.1, 0.15) is 23.7 Å². The van der Waals surface area contributed by atoms with Crippen molar-refractivity contribution in [1.29, 1.82) is 0 Å². The average Bonchev–Trinajstić information content (AvgIpc) is 2.77. The molecule has 2 aromatic rings. The maximum absolute atomic E-state index is 13.0. The number of piperazine rings is 1. The first-order chi connectivity index (χ1) is 14.4. The molecule has 0 atom stereocenters. The zero-order chi connectivity index (χ0) is 21.7. The number of pyridine rings is 1. The quantitative estimate of drug-likeness (QED) is 0.443. The molecule has 0 aliphatic carbocycles. The molecule has 1 saturated heterocycles. The number of hydrogen-bond donors (Lipinski definition) is 0. The third-order valence-electron chi connectivity index (χ3n) is 4.76. The first kappa shape index (κ1) is 21.8. The topological polar surface area (TPSA) is 98.0 Å². The molecule has 1 aromatic heterocycles. The Bertz CT molecular complexity index is 914. The summed E-state index contributed by atoms with van der Waals surface area (Å²) in [7, 11) is 1.55. The van der Waals surface area contributed by atoms with Gasteiger partial charge in [0.1, 0.15) is 12.0 Å². The van der Waals surface area contributed by atoms with Crippen molar-refractivity contribution in [2.45, 2.75) is 13.3 Å². The fraction of sp³-hybridized carbons (Fsp3) is 0.400. The maximum Gasteiger partial charge on any atom is 0.287 e. The third-order valence-corrected chi connectivity index (χ3v) is 5.35. The minimum absolute atomic E-state index is 0.0431. The van der Waals surface area contributed by atoms with Crippen LogP contribution in [0.5, 0.6) is 11.5 Å². The number of nitro groups is 1. The van der Waals surface area contributed by atoms with Crippen LogP contribution in [0.25, 0.3) is 0 Å². The van der Waals surface area contributed by atoms with Crippen LogP contribution in [0.3, 0.4) is 0 Å². The first-order valence-electron chi connectivity index (χ1n) is 9.59. The smallest absolute Gasteiger partial charge is 0.287 e. The lowest BCUT2D eigenvalue weighted by Gasteiger charge is -2.35. The maximum atomic E-state index is 13.0. The number of anilines is 1. The zero-order valence-electron chi connectivity index (χ0n) is 16.8. The predicted octanol–water partition coefficient (Wildman–Crippen LogP) is 3.51. The lowest BCUT2D eigenvalue weighted by Crippen LogP contribution is -2.49. The molecular weight excluding hydrogens is 456 g/mol. The monoisotopic (exact) mass is 478 g/mol. The standard InChI is InChI=1S/C20H23BrN4O5/c1-3-10-30-19-16(21)11-14(12-17(19)29-2)20(26)24-8-6-23(7-9-24)18-5-4-15(13-22-18)25(27)28/h4-5,11-13H,3,6-10H2,1-2H3. The van der Waals surface area contributed by atoms with E-state index in [1.54, 1.807) is 30.2 Å². The van der Waals surface area contributed by atoms with Crippen LogP contribution in [0.4, 0.5) is 11.5 Å². The Balaban J connectivity index is 1.67. The zero-order valence-corrected chi connectivity index (χ0v) is 18.4. The van der Waals surface area contributed by atoms with Gasteiger partial charge in [0.15, 0.2) is 11.5 Å². The van der Waals surface area contributed by atoms with Gasteiger partial charge in [-0.25, -0.2) is 4.98 Å². The number of rotatable bonds is 7. The summed E-state index contributed by atoms with van der Waals surface area (Å²) in [5.41, 5.74) is 0.475. The molecule has 1 fully saturated rings. The Kier molecular flexibility index (Phi) is 7.09. The van der Waals surface area contributed by atoms with E-state index in [0.29, 0.717) is 60.1 Å². The molecule has 1 aliphatic rings. The SMILES string of the molecule is CCCOc1c(Br)cc(C(=O)N2CCN(c3ccc([N+](=O)[O-])cn3)CC2)cc1OC. The van der Waals surface area contributed by atoms with E-state index in [-0.39, 0.29) is 11.6 Å². The van der Waals surface area contributed by atoms with Gasteiger partial charge in [-0.2, -0.15) is 0 Å². The molecule has 10 heteroatoms. The van der Waals surface area contributed by atoms with Crippen molar-refractivity contribution >= 4 is 33.3 Å². The molecule has 0 saturated carbocycles. The average molecular weight is 479 g/mol. The van der Waals surface area contributed by atoms with Gasteiger partial charge in [-0.15, -0.1) is 0 Å². The molecule has 3 rings (SSSR count). The number of amides is 1. The van der Waals surface area contributed by atoms with Gasteiger partial charge in [0.25, 0.3) is 11.6 Å². The molecule has 0 bridgehead atoms. The van der Waals surface area contributed by atoms with Gasteiger partial charge in [0.05, 0.1) is 23.1 Å². The minimum Gasteiger partial charge on any atom is -0.493 e. The van der Waals surface area contributed by atoms with Crippen molar-refractivity contribution in [2.24, 2.45) is 0 Å². The van der Waals surface area contributed by atoms with Crippen molar-refractivity contribution in [3.63, 3.8) is 0 Å². The largest absolute Gasteiger partial charge is 0.493 e. The number of halogens is 1. The van der Waals surface area contributed by atoms with Crippen LogP contribution in [0.2, 0.25) is 0 Å². The first-order valence-corrected chi connectivity index (χ1v) is 10.4. The van der Waals surface area contributed by atoms with Crippen LogP contribution >= 0.6 is 15.9 Å². The molecule has 0 radical (unpaired) electrons. The van der Waals surface area contributed by atoms with Gasteiger partial charge < -0.3 is 19.3 Å². The Labute approximate surface area is 182 Å². The van der Waals surface area contributed by atoms with E-state index < -0.39 is 4.92 Å². The van der Waals surface area contributed by atoms with Gasteiger partial charge in [-0.3, -0.25) is 14.9 Å². The number of nitrogens with zero attached hydrogens (tertiary/aromatic N) is 4. The van der Waals surface area contributed by atoms with E-state index in [0.717, 1.165) is 6.42 Å². The molecule has 1 aromatic carbocycles. The molecule has 1 aliphatic heterocycles. The van der Waals surface area contributed by atoms with E-state index in [1.165, 1.54) is 12.3 Å². The summed E-state index contributed by atoms with van der Waals surface area (Å²) >= 11 is 3.48. The number of ether oxygens (including phenoxy) is 2. The molecular formula is C20H23BrN4O5. The Hall–Kier alpha value is -2.88. The van der Waals surface area contributed by atoms with Crippen molar-refractivity contribution in [2.75, 3.05) is 44.8 Å². The van der Waals surface area contributed by atoms with Crippen LogP contribution in [-0.4, -0.2) is 60.6 Å². The number of methoxy groups -OCH3 is 1. The lowest BCUT2D eigenvalue weighted by atomic mass is 10.1. The van der Waals surface area contributed by atoms with Crippen molar-refractivity contribution < 1.29 is 19.2 Å². The van der Waals surface area contributed by atoms with Crippen molar-refractivity contribution in [1.82, 2.24) is 9.88 Å². The van der Waals surface area contributed by atoms with Gasteiger partial charge >= 0.3 is 0 Å². The number of carbonyl (C=O) groups is 1. The Morgan fingerprint density at radius 1 is 1.27 bits per heavy atom. The highest BCUT2D eigenvalue weighted by atomic mass is 79.9. The van der Waals surface area contributed by atoms with E-state index in [4.69, 9.17) is 9.47 Å². The fourth-order valence-electron chi connectivity index (χ4n) is 3.18. The highest BCUT2D eigenvalue weighted by Gasteiger charge is 2.25. The molecule has 0 N–H and O–H groups in total. The summed E-state index contributed by atoms with van der Waals surface area (Å²) in [4.78, 5) is 31.2. The number of carbonyl (C=O) groups excluding carboxylic acids is 1. The van der Waals surface area contributed by atoms with Gasteiger partial charge in [0, 0.05) is 37.8 Å². The second kappa shape index (κ2) is 9.75. The minimum atomic E-state index is -0.474. The summed E-state index contributed by atoms with van der Waals surface area (Å²) < 4.78 is 11.8. The summed E-state index contributed by atoms with van der Waals surface area (Å²) in [6.07, 6.45) is 2.11. The van der Waals surface area contributed by atoms with Crippen LogP contribution in [0.15, 0.2) is 34.9 Å². The Morgan fingerprint density at radius 3 is 2.57 bits per heavy atom. The predicted molar refractivity (Wildman–Crippen MR) is 115 cm³/mol. The third kappa shape index (κ3) is 4.81. The molecule has 0 spiro atoms. The van der Waals surface area contributed by atoms with E-state index >= 15 is 0 Å². The van der Waals surface area contributed by atoms with E-state index in [1.807, 2.05) is 11.8 Å². The second-order valence-electron chi connectivity index (χ2n) is 6.75. The molecule has 1 amide bonds. The molecule has 2 heterocycles. The Morgan fingerprint density at radius 2 is 2.00 bits per heavy atom. The van der Waals surface area contributed by atoms with E-state index in [9.17, 15) is 14.9 Å². The molecule has 30 heavy (non-hydrogen) atoms. The van der Waals surface area contributed by atoms with Crippen molar-refractivity contribution in [3.05, 3.63) is 50.6 Å². The number of benzene rings is 1. The lowest BCUT2D eigenvalue weighted by molar-refractivity contribution is -0.385. The van der Waals surface area contributed by atoms with Crippen molar-refractivity contribution in [3.8, 4) is 11.5 Å². The summed E-state index contributed by atoms with van der Waals surface area (Å²) in [6, 6.07) is 6.51. The molecule has 9 nitrogen and oxygen atoms in total. The highest BCUT2D eigenvalue weighted by Crippen LogP contribution is 2.37. The summed E-state index contributed by atoms with van der Waals surface area (Å²) in [6.45, 7) is 4.79. The highest BCUT2D eigenvalue weighted by molar-refractivity contribution is 9.10. The van der Waals surface area contributed by atoms with Gasteiger partial charge in [-0.05, 0) is 40.5 Å². The van der Waals surface area contributed by atoms with Crippen LogP contribution in [0, 0.1) is 10.1 Å². The number of hydrogen-bond acceptors (Lipinski definition) is 7. The van der Waals surface area contributed by atoms with Crippen LogP contribution in [-0.2, 0) is 0 Å². The fourth-order valence-corrected chi connectivity index (χ4v) is 3.74. The van der Waals surface area contributed by atoms with Crippen LogP contribution < -0.4 is 14.4 Å². The van der Waals surface area contributed by atoms with Gasteiger partial charge in [0.2, 0.25) is 0 Å². The normalized spacial score (nSPS) is 13.8. The molecule has 0 unspecified atom stereocenters. The number of aromatic nitrogens is 1. The summed E-state index contributed by atoms with van der Waals surface area (Å²) in [5.74, 6) is 1.67. The summed E-state index contributed by atoms with van der Waals surface area (Å²) in [5, 5.41) is 10.8. The van der Waals surface area contributed by atoms with Gasteiger partial charge in [-0.1, -0.05) is 6.92 Å². The molecule has 160 valence electrons. The second-order valence-corrected chi connectivity index (χ2v) is 7.60. The van der Waals surface area contributed by atoms with E-state index in [2.05, 4.69) is 20.9 Å².